The molecule has 0 bridgehead atoms. The second kappa shape index (κ2) is 6.85. The maximum atomic E-state index is 11.6. The van der Waals surface area contributed by atoms with E-state index in [0.717, 1.165) is 5.56 Å². The first kappa shape index (κ1) is 15.0. The SMILES string of the molecule is O=C(Nc1cc(C(=O)O)c(Br)cn1)OCc1ccccc1. The molecule has 108 valence electrons. The van der Waals surface area contributed by atoms with Crippen molar-refractivity contribution < 1.29 is 19.4 Å². The zero-order valence-electron chi connectivity index (χ0n) is 10.7. The molecule has 1 amide bonds. The van der Waals surface area contributed by atoms with Crippen LogP contribution in [0.15, 0.2) is 47.1 Å². The van der Waals surface area contributed by atoms with E-state index in [4.69, 9.17) is 9.84 Å². The topological polar surface area (TPSA) is 88.5 Å². The van der Waals surface area contributed by atoms with Crippen LogP contribution < -0.4 is 5.32 Å². The normalized spacial score (nSPS) is 9.95. The summed E-state index contributed by atoms with van der Waals surface area (Å²) in [5.41, 5.74) is 0.853. The second-order valence-electron chi connectivity index (χ2n) is 4.04. The maximum Gasteiger partial charge on any atom is 0.413 e. The Hall–Kier alpha value is -2.41. The number of pyridine rings is 1. The number of carbonyl (C=O) groups excluding carboxylic acids is 1. The molecule has 1 aromatic heterocycles. The maximum absolute atomic E-state index is 11.6. The molecule has 0 unspecified atom stereocenters. The molecule has 2 N–H and O–H groups in total. The summed E-state index contributed by atoms with van der Waals surface area (Å²) in [6.07, 6.45) is 0.598. The van der Waals surface area contributed by atoms with Crippen molar-refractivity contribution in [3.05, 3.63) is 58.2 Å². The largest absolute Gasteiger partial charge is 0.478 e. The fourth-order valence-corrected chi connectivity index (χ4v) is 1.92. The highest BCUT2D eigenvalue weighted by atomic mass is 79.9. The predicted molar refractivity (Wildman–Crippen MR) is 79.1 cm³/mol. The number of amides is 1. The van der Waals surface area contributed by atoms with Gasteiger partial charge in [0, 0.05) is 6.20 Å². The highest BCUT2D eigenvalue weighted by molar-refractivity contribution is 9.10. The fourth-order valence-electron chi connectivity index (χ4n) is 1.53. The second-order valence-corrected chi connectivity index (χ2v) is 4.90. The summed E-state index contributed by atoms with van der Waals surface area (Å²) in [5, 5.41) is 11.4. The van der Waals surface area contributed by atoms with E-state index >= 15 is 0 Å². The lowest BCUT2D eigenvalue weighted by Crippen LogP contribution is -2.15. The number of carboxylic acids is 1. The summed E-state index contributed by atoms with van der Waals surface area (Å²) in [4.78, 5) is 26.5. The number of halogens is 1. The van der Waals surface area contributed by atoms with Crippen LogP contribution in [0.1, 0.15) is 15.9 Å². The molecule has 2 rings (SSSR count). The molecule has 0 aliphatic carbocycles. The Morgan fingerprint density at radius 1 is 1.29 bits per heavy atom. The molecule has 7 heteroatoms. The van der Waals surface area contributed by atoms with Crippen molar-refractivity contribution in [2.24, 2.45) is 0 Å². The van der Waals surface area contributed by atoms with Gasteiger partial charge >= 0.3 is 12.1 Å². The van der Waals surface area contributed by atoms with Crippen LogP contribution in [0.3, 0.4) is 0 Å². The van der Waals surface area contributed by atoms with E-state index in [-0.39, 0.29) is 18.0 Å². The number of ether oxygens (including phenoxy) is 1. The smallest absolute Gasteiger partial charge is 0.413 e. The number of carboxylic acid groups (broad SMARTS) is 1. The first-order valence-corrected chi connectivity index (χ1v) is 6.72. The van der Waals surface area contributed by atoms with Gasteiger partial charge in [0.25, 0.3) is 0 Å². The quantitative estimate of drug-likeness (QED) is 0.882. The van der Waals surface area contributed by atoms with Crippen molar-refractivity contribution in [1.82, 2.24) is 4.98 Å². The molecule has 6 nitrogen and oxygen atoms in total. The summed E-state index contributed by atoms with van der Waals surface area (Å²) in [6, 6.07) is 10.4. The van der Waals surface area contributed by atoms with Gasteiger partial charge in [0.15, 0.2) is 0 Å². The van der Waals surface area contributed by atoms with Crippen LogP contribution in [-0.4, -0.2) is 22.2 Å². The Morgan fingerprint density at radius 2 is 2.00 bits per heavy atom. The van der Waals surface area contributed by atoms with Gasteiger partial charge in [-0.1, -0.05) is 30.3 Å². The van der Waals surface area contributed by atoms with Crippen molar-refractivity contribution in [3.63, 3.8) is 0 Å². The number of rotatable bonds is 4. The molecule has 0 saturated heterocycles. The molecular weight excluding hydrogens is 340 g/mol. The van der Waals surface area contributed by atoms with Gasteiger partial charge in [-0.3, -0.25) is 5.32 Å². The Kier molecular flexibility index (Phi) is 4.89. The third-order valence-electron chi connectivity index (χ3n) is 2.53. The molecule has 0 aliphatic heterocycles. The number of carbonyl (C=O) groups is 2. The molecule has 1 aromatic carbocycles. The number of nitrogens with zero attached hydrogens (tertiary/aromatic N) is 1. The van der Waals surface area contributed by atoms with E-state index in [1.807, 2.05) is 30.3 Å². The summed E-state index contributed by atoms with van der Waals surface area (Å²) in [6.45, 7) is 0.120. The third-order valence-corrected chi connectivity index (χ3v) is 3.16. The van der Waals surface area contributed by atoms with Crippen LogP contribution in [0.2, 0.25) is 0 Å². The number of nitrogens with one attached hydrogen (secondary N) is 1. The summed E-state index contributed by atoms with van der Waals surface area (Å²) >= 11 is 3.07. The van der Waals surface area contributed by atoms with Gasteiger partial charge in [-0.05, 0) is 27.6 Å². The number of anilines is 1. The highest BCUT2D eigenvalue weighted by Gasteiger charge is 2.12. The molecule has 0 fully saturated rings. The minimum Gasteiger partial charge on any atom is -0.478 e. The third kappa shape index (κ3) is 4.28. The van der Waals surface area contributed by atoms with Gasteiger partial charge in [0.2, 0.25) is 0 Å². The van der Waals surface area contributed by atoms with Crippen molar-refractivity contribution in [3.8, 4) is 0 Å². The lowest BCUT2D eigenvalue weighted by atomic mass is 10.2. The van der Waals surface area contributed by atoms with E-state index in [1.54, 1.807) is 0 Å². The first-order chi connectivity index (χ1) is 10.1. The molecule has 0 radical (unpaired) electrons. The fraction of sp³-hybridized carbons (Fsp3) is 0.0714. The zero-order valence-corrected chi connectivity index (χ0v) is 12.3. The highest BCUT2D eigenvalue weighted by Crippen LogP contribution is 2.18. The zero-order chi connectivity index (χ0) is 15.2. The molecule has 0 saturated carbocycles. The number of hydrogen-bond acceptors (Lipinski definition) is 4. The predicted octanol–water partition coefficient (Wildman–Crippen LogP) is 3.29. The summed E-state index contributed by atoms with van der Waals surface area (Å²) < 4.78 is 5.35. The number of aromatic carboxylic acids is 1. The van der Waals surface area contributed by atoms with Gasteiger partial charge < -0.3 is 9.84 Å². The molecular formula is C14H11BrN2O4. The molecule has 0 spiro atoms. The summed E-state index contributed by atoms with van der Waals surface area (Å²) in [7, 11) is 0. The van der Waals surface area contributed by atoms with E-state index in [0.29, 0.717) is 4.47 Å². The Balaban J connectivity index is 1.97. The van der Waals surface area contributed by atoms with Gasteiger partial charge in [0.05, 0.1) is 10.0 Å². The number of aromatic nitrogens is 1. The number of hydrogen-bond donors (Lipinski definition) is 2. The van der Waals surface area contributed by atoms with E-state index in [2.05, 4.69) is 26.2 Å². The van der Waals surface area contributed by atoms with Crippen LogP contribution >= 0.6 is 15.9 Å². The molecule has 1 heterocycles. The first-order valence-electron chi connectivity index (χ1n) is 5.93. The minimum absolute atomic E-state index is 0.00311. The van der Waals surface area contributed by atoms with Crippen LogP contribution in [0, 0.1) is 0 Å². The van der Waals surface area contributed by atoms with Crippen molar-refractivity contribution >= 4 is 33.8 Å². The molecule has 21 heavy (non-hydrogen) atoms. The van der Waals surface area contributed by atoms with Crippen LogP contribution in [0.5, 0.6) is 0 Å². The Bertz CT molecular complexity index is 661. The standard InChI is InChI=1S/C14H11BrN2O4/c15-11-7-16-12(6-10(11)13(18)19)17-14(20)21-8-9-4-2-1-3-5-9/h1-7H,8H2,(H,18,19)(H,16,17,20). The van der Waals surface area contributed by atoms with Crippen LogP contribution in [-0.2, 0) is 11.3 Å². The summed E-state index contributed by atoms with van der Waals surface area (Å²) in [5.74, 6) is -1.02. The molecule has 0 aliphatic rings. The van der Waals surface area contributed by atoms with Crippen molar-refractivity contribution in [2.75, 3.05) is 5.32 Å². The lowest BCUT2D eigenvalue weighted by molar-refractivity contribution is 0.0695. The van der Waals surface area contributed by atoms with Crippen LogP contribution in [0.4, 0.5) is 10.6 Å². The average molecular weight is 351 g/mol. The van der Waals surface area contributed by atoms with Gasteiger partial charge in [-0.2, -0.15) is 0 Å². The monoisotopic (exact) mass is 350 g/mol. The van der Waals surface area contributed by atoms with E-state index < -0.39 is 12.1 Å². The minimum atomic E-state index is -1.12. The van der Waals surface area contributed by atoms with Crippen molar-refractivity contribution in [2.45, 2.75) is 6.61 Å². The Morgan fingerprint density at radius 3 is 2.67 bits per heavy atom. The molecule has 2 aromatic rings. The number of benzene rings is 1. The van der Waals surface area contributed by atoms with Gasteiger partial charge in [-0.15, -0.1) is 0 Å². The lowest BCUT2D eigenvalue weighted by Gasteiger charge is -2.07. The van der Waals surface area contributed by atoms with E-state index in [9.17, 15) is 9.59 Å². The van der Waals surface area contributed by atoms with Gasteiger partial charge in [0.1, 0.15) is 12.4 Å². The van der Waals surface area contributed by atoms with E-state index in [1.165, 1.54) is 12.3 Å². The van der Waals surface area contributed by atoms with Gasteiger partial charge in [-0.25, -0.2) is 14.6 Å². The average Bonchev–Trinajstić information content (AvgIpc) is 2.48. The Labute approximate surface area is 128 Å². The van der Waals surface area contributed by atoms with Crippen LogP contribution in [0.25, 0.3) is 0 Å². The van der Waals surface area contributed by atoms with Crippen molar-refractivity contribution in [1.29, 1.82) is 0 Å². The molecule has 0 atom stereocenters.